The van der Waals surface area contributed by atoms with Crippen molar-refractivity contribution in [1.82, 2.24) is 5.32 Å². The molecule has 0 radical (unpaired) electrons. The SMILES string of the molecule is CCC[C@@H](NC(=O)c1cc(=O)c2cc(F)ccc2o1)c1ccccc1. The highest BCUT2D eigenvalue weighted by Gasteiger charge is 2.18. The van der Waals surface area contributed by atoms with Crippen LogP contribution in [0.1, 0.15) is 41.9 Å². The number of fused-ring (bicyclic) bond motifs is 1. The Bertz CT molecular complexity index is 950. The number of hydrogen-bond acceptors (Lipinski definition) is 3. The quantitative estimate of drug-likeness (QED) is 0.758. The molecule has 1 atom stereocenters. The second-order valence-corrected chi connectivity index (χ2v) is 5.84. The van der Waals surface area contributed by atoms with Crippen LogP contribution in [0.2, 0.25) is 0 Å². The van der Waals surface area contributed by atoms with E-state index in [4.69, 9.17) is 4.42 Å². The summed E-state index contributed by atoms with van der Waals surface area (Å²) in [5.41, 5.74) is 0.728. The van der Waals surface area contributed by atoms with Gasteiger partial charge in [0.1, 0.15) is 11.4 Å². The highest BCUT2D eigenvalue weighted by Crippen LogP contribution is 2.20. The van der Waals surface area contributed by atoms with Gasteiger partial charge in [0.15, 0.2) is 11.2 Å². The van der Waals surface area contributed by atoms with Gasteiger partial charge in [0.25, 0.3) is 5.91 Å². The van der Waals surface area contributed by atoms with Crippen molar-refractivity contribution in [1.29, 1.82) is 0 Å². The Hall–Kier alpha value is -2.95. The molecule has 3 aromatic rings. The number of hydrogen-bond donors (Lipinski definition) is 1. The van der Waals surface area contributed by atoms with Gasteiger partial charge in [-0.15, -0.1) is 0 Å². The lowest BCUT2D eigenvalue weighted by Crippen LogP contribution is -2.29. The van der Waals surface area contributed by atoms with Crippen molar-refractivity contribution in [2.24, 2.45) is 0 Å². The number of nitrogens with one attached hydrogen (secondary N) is 1. The lowest BCUT2D eigenvalue weighted by Gasteiger charge is -2.18. The first kappa shape index (κ1) is 16.9. The van der Waals surface area contributed by atoms with Gasteiger partial charge in [0.05, 0.1) is 11.4 Å². The first-order valence-corrected chi connectivity index (χ1v) is 8.17. The van der Waals surface area contributed by atoms with Crippen molar-refractivity contribution >= 4 is 16.9 Å². The van der Waals surface area contributed by atoms with Crippen molar-refractivity contribution in [2.75, 3.05) is 0 Å². The largest absolute Gasteiger partial charge is 0.451 e. The Balaban J connectivity index is 1.90. The van der Waals surface area contributed by atoms with Crippen LogP contribution in [-0.4, -0.2) is 5.91 Å². The first-order valence-electron chi connectivity index (χ1n) is 8.17. The fourth-order valence-corrected chi connectivity index (χ4v) is 2.77. The molecule has 0 unspecified atom stereocenters. The number of amides is 1. The van der Waals surface area contributed by atoms with Crippen LogP contribution in [0.25, 0.3) is 11.0 Å². The van der Waals surface area contributed by atoms with Crippen molar-refractivity contribution in [3.8, 4) is 0 Å². The predicted molar refractivity (Wildman–Crippen MR) is 94.0 cm³/mol. The lowest BCUT2D eigenvalue weighted by molar-refractivity contribution is 0.0907. The highest BCUT2D eigenvalue weighted by molar-refractivity contribution is 5.93. The molecule has 0 bridgehead atoms. The Morgan fingerprint density at radius 3 is 2.64 bits per heavy atom. The third-order valence-electron chi connectivity index (χ3n) is 4.00. The van der Waals surface area contributed by atoms with E-state index in [2.05, 4.69) is 5.32 Å². The van der Waals surface area contributed by atoms with Gasteiger partial charge in [-0.3, -0.25) is 9.59 Å². The summed E-state index contributed by atoms with van der Waals surface area (Å²) in [6.45, 7) is 2.03. The molecule has 0 aliphatic heterocycles. The van der Waals surface area contributed by atoms with Gasteiger partial charge in [-0.2, -0.15) is 0 Å². The molecule has 0 aliphatic rings. The van der Waals surface area contributed by atoms with Gasteiger partial charge in [-0.25, -0.2) is 4.39 Å². The molecule has 0 saturated heterocycles. The average Bonchev–Trinajstić information content (AvgIpc) is 2.62. The molecule has 1 amide bonds. The minimum atomic E-state index is -0.524. The minimum absolute atomic E-state index is 0.0823. The summed E-state index contributed by atoms with van der Waals surface area (Å²) in [5, 5.41) is 3.02. The van der Waals surface area contributed by atoms with E-state index in [0.29, 0.717) is 0 Å². The van der Waals surface area contributed by atoms with E-state index in [0.717, 1.165) is 30.5 Å². The average molecular weight is 339 g/mol. The Morgan fingerprint density at radius 1 is 1.16 bits per heavy atom. The zero-order valence-electron chi connectivity index (χ0n) is 13.8. The number of benzene rings is 2. The third-order valence-corrected chi connectivity index (χ3v) is 4.00. The summed E-state index contributed by atoms with van der Waals surface area (Å²) < 4.78 is 18.8. The van der Waals surface area contributed by atoms with E-state index in [1.165, 1.54) is 12.1 Å². The zero-order chi connectivity index (χ0) is 17.8. The lowest BCUT2D eigenvalue weighted by atomic mass is 10.0. The van der Waals surface area contributed by atoms with Crippen molar-refractivity contribution in [3.63, 3.8) is 0 Å². The van der Waals surface area contributed by atoms with Crippen molar-refractivity contribution < 1.29 is 13.6 Å². The molecule has 25 heavy (non-hydrogen) atoms. The Labute approximate surface area is 144 Å². The topological polar surface area (TPSA) is 59.3 Å². The summed E-state index contributed by atoms with van der Waals surface area (Å²) in [5.74, 6) is -1.07. The second kappa shape index (κ2) is 7.30. The molecule has 0 aliphatic carbocycles. The van der Waals surface area contributed by atoms with Gasteiger partial charge in [0, 0.05) is 6.07 Å². The van der Waals surface area contributed by atoms with Gasteiger partial charge in [0.2, 0.25) is 0 Å². The highest BCUT2D eigenvalue weighted by atomic mass is 19.1. The smallest absolute Gasteiger partial charge is 0.287 e. The van der Waals surface area contributed by atoms with Crippen molar-refractivity contribution in [2.45, 2.75) is 25.8 Å². The van der Waals surface area contributed by atoms with Gasteiger partial charge >= 0.3 is 0 Å². The van der Waals surface area contributed by atoms with Crippen LogP contribution in [0.4, 0.5) is 4.39 Å². The number of halogens is 1. The molecule has 1 heterocycles. The summed E-state index contributed by atoms with van der Waals surface area (Å²) in [4.78, 5) is 24.7. The summed E-state index contributed by atoms with van der Waals surface area (Å²) in [6, 6.07) is 14.2. The van der Waals surface area contributed by atoms with Gasteiger partial charge in [-0.1, -0.05) is 43.7 Å². The van der Waals surface area contributed by atoms with E-state index in [-0.39, 0.29) is 22.8 Å². The summed E-state index contributed by atoms with van der Waals surface area (Å²) in [7, 11) is 0. The van der Waals surface area contributed by atoms with Crippen LogP contribution in [0.3, 0.4) is 0 Å². The third kappa shape index (κ3) is 3.76. The molecule has 4 nitrogen and oxygen atoms in total. The molecule has 5 heteroatoms. The van der Waals surface area contributed by atoms with Crippen LogP contribution in [0.5, 0.6) is 0 Å². The van der Waals surface area contributed by atoms with E-state index < -0.39 is 17.2 Å². The number of rotatable bonds is 5. The minimum Gasteiger partial charge on any atom is -0.451 e. The van der Waals surface area contributed by atoms with Crippen LogP contribution in [-0.2, 0) is 0 Å². The maximum absolute atomic E-state index is 13.3. The van der Waals surface area contributed by atoms with Gasteiger partial charge < -0.3 is 9.73 Å². The van der Waals surface area contributed by atoms with Crippen LogP contribution < -0.4 is 10.7 Å². The van der Waals surface area contributed by atoms with E-state index in [1.54, 1.807) is 0 Å². The standard InChI is InChI=1S/C20H18FNO3/c1-2-6-16(13-7-4-3-5-8-13)22-20(24)19-12-17(23)15-11-14(21)9-10-18(15)25-19/h3-5,7-12,16H,2,6H2,1H3,(H,22,24)/t16-/m1/s1. The Morgan fingerprint density at radius 2 is 1.92 bits per heavy atom. The molecule has 0 saturated carbocycles. The molecule has 128 valence electrons. The van der Waals surface area contributed by atoms with E-state index in [9.17, 15) is 14.0 Å². The Kier molecular flexibility index (Phi) is 4.93. The monoisotopic (exact) mass is 339 g/mol. The molecular formula is C20H18FNO3. The second-order valence-electron chi connectivity index (χ2n) is 5.84. The summed E-state index contributed by atoms with van der Waals surface area (Å²) in [6.07, 6.45) is 1.65. The fourth-order valence-electron chi connectivity index (χ4n) is 2.77. The number of carbonyl (C=O) groups is 1. The van der Waals surface area contributed by atoms with Crippen LogP contribution in [0, 0.1) is 5.82 Å². The summed E-state index contributed by atoms with van der Waals surface area (Å²) >= 11 is 0. The number of carbonyl (C=O) groups excluding carboxylic acids is 1. The van der Waals surface area contributed by atoms with Crippen molar-refractivity contribution in [3.05, 3.63) is 82.0 Å². The van der Waals surface area contributed by atoms with E-state index >= 15 is 0 Å². The molecule has 2 aromatic carbocycles. The molecule has 0 spiro atoms. The molecule has 1 aromatic heterocycles. The first-order chi connectivity index (χ1) is 12.1. The maximum atomic E-state index is 13.3. The maximum Gasteiger partial charge on any atom is 0.287 e. The van der Waals surface area contributed by atoms with Crippen LogP contribution >= 0.6 is 0 Å². The fraction of sp³-hybridized carbons (Fsp3) is 0.200. The van der Waals surface area contributed by atoms with Gasteiger partial charge in [-0.05, 0) is 30.2 Å². The zero-order valence-corrected chi connectivity index (χ0v) is 13.8. The normalized spacial score (nSPS) is 12.1. The predicted octanol–water partition coefficient (Wildman–Crippen LogP) is 4.20. The molecule has 3 rings (SSSR count). The molecule has 0 fully saturated rings. The molecule has 1 N–H and O–H groups in total. The van der Waals surface area contributed by atoms with E-state index in [1.807, 2.05) is 37.3 Å². The van der Waals surface area contributed by atoms with Crippen LogP contribution in [0.15, 0.2) is 63.8 Å². The molecular weight excluding hydrogens is 321 g/mol.